The van der Waals surface area contributed by atoms with Crippen LogP contribution in [0.4, 0.5) is 5.69 Å². The number of carbonyl (C=O) groups excluding carboxylic acids is 1. The van der Waals surface area contributed by atoms with E-state index in [0.717, 1.165) is 0 Å². The molecule has 0 aliphatic heterocycles. The molecule has 0 fully saturated rings. The van der Waals surface area contributed by atoms with Gasteiger partial charge in [-0.2, -0.15) is 0 Å². The summed E-state index contributed by atoms with van der Waals surface area (Å²) in [6, 6.07) is 6.98. The molecule has 0 bridgehead atoms. The molecule has 1 amide bonds. The summed E-state index contributed by atoms with van der Waals surface area (Å²) in [7, 11) is 0. The van der Waals surface area contributed by atoms with Crippen LogP contribution in [-0.2, 0) is 9.59 Å². The van der Waals surface area contributed by atoms with E-state index in [2.05, 4.69) is 10.6 Å². The fourth-order valence-corrected chi connectivity index (χ4v) is 1.22. The lowest BCUT2D eigenvalue weighted by atomic mass is 10.3. The minimum atomic E-state index is -1.08. The minimum Gasteiger partial charge on any atom is -0.480 e. The molecule has 0 heterocycles. The van der Waals surface area contributed by atoms with Gasteiger partial charge in [-0.15, -0.1) is 0 Å². The predicted octanol–water partition coefficient (Wildman–Crippen LogP) is 0.953. The fraction of sp³-hybridized carbons (Fsp3) is 0.200. The largest absolute Gasteiger partial charge is 0.480 e. The van der Waals surface area contributed by atoms with E-state index in [1.54, 1.807) is 24.3 Å². The van der Waals surface area contributed by atoms with Gasteiger partial charge in [0.05, 0.1) is 17.3 Å². The van der Waals surface area contributed by atoms with Crippen molar-refractivity contribution in [2.75, 3.05) is 18.4 Å². The van der Waals surface area contributed by atoms with Gasteiger partial charge in [-0.05, 0) is 12.1 Å². The van der Waals surface area contributed by atoms with Gasteiger partial charge in [0.15, 0.2) is 0 Å². The van der Waals surface area contributed by atoms with Crippen molar-refractivity contribution in [2.24, 2.45) is 0 Å². The van der Waals surface area contributed by atoms with Crippen molar-refractivity contribution in [3.05, 3.63) is 29.3 Å². The number of nitrogens with one attached hydrogen (secondary N) is 2. The lowest BCUT2D eigenvalue weighted by Gasteiger charge is -2.07. The first-order chi connectivity index (χ1) is 7.59. The smallest absolute Gasteiger partial charge is 0.322 e. The number of benzene rings is 1. The van der Waals surface area contributed by atoms with Crippen molar-refractivity contribution in [1.82, 2.24) is 5.32 Å². The average molecular weight is 243 g/mol. The van der Waals surface area contributed by atoms with E-state index in [1.807, 2.05) is 0 Å². The van der Waals surface area contributed by atoms with Gasteiger partial charge < -0.3 is 15.7 Å². The molecule has 0 aromatic heterocycles. The lowest BCUT2D eigenvalue weighted by molar-refractivity contribution is -0.137. The molecule has 0 atom stereocenters. The van der Waals surface area contributed by atoms with Crippen LogP contribution in [0.3, 0.4) is 0 Å². The third-order valence-corrected chi connectivity index (χ3v) is 2.08. The van der Waals surface area contributed by atoms with Crippen LogP contribution >= 0.6 is 11.6 Å². The van der Waals surface area contributed by atoms with Crippen LogP contribution in [0.5, 0.6) is 0 Å². The van der Waals surface area contributed by atoms with Crippen LogP contribution in [0.2, 0.25) is 5.02 Å². The monoisotopic (exact) mass is 242 g/mol. The number of halogens is 1. The Balaban J connectivity index is 2.37. The molecule has 0 aliphatic carbocycles. The number of anilines is 1. The van der Waals surface area contributed by atoms with Crippen molar-refractivity contribution in [2.45, 2.75) is 0 Å². The van der Waals surface area contributed by atoms with E-state index in [4.69, 9.17) is 16.7 Å². The average Bonchev–Trinajstić information content (AvgIpc) is 2.25. The Bertz CT molecular complexity index is 395. The summed E-state index contributed by atoms with van der Waals surface area (Å²) in [5.41, 5.74) is 0.634. The Kier molecular flexibility index (Phi) is 4.60. The molecule has 0 radical (unpaired) electrons. The molecule has 0 spiro atoms. The molecule has 16 heavy (non-hydrogen) atoms. The van der Waals surface area contributed by atoms with Gasteiger partial charge in [0.1, 0.15) is 6.54 Å². The van der Waals surface area contributed by atoms with Crippen LogP contribution in [0.1, 0.15) is 0 Å². The van der Waals surface area contributed by atoms with Crippen molar-refractivity contribution in [3.8, 4) is 0 Å². The highest BCUT2D eigenvalue weighted by atomic mass is 35.5. The Hall–Kier alpha value is -1.75. The molecule has 1 aromatic rings. The number of carboxylic acid groups (broad SMARTS) is 1. The first-order valence-corrected chi connectivity index (χ1v) is 4.94. The zero-order chi connectivity index (χ0) is 12.0. The molecule has 0 aliphatic rings. The third kappa shape index (κ3) is 4.18. The highest BCUT2D eigenvalue weighted by Gasteiger charge is 2.04. The molecular formula is C10H11ClN2O3. The first kappa shape index (κ1) is 12.3. The van der Waals surface area contributed by atoms with E-state index in [0.29, 0.717) is 10.7 Å². The van der Waals surface area contributed by atoms with Crippen molar-refractivity contribution >= 4 is 29.2 Å². The SMILES string of the molecule is O=C(O)CNC(=O)CNc1ccccc1Cl. The summed E-state index contributed by atoms with van der Waals surface area (Å²) in [5, 5.41) is 13.9. The maximum Gasteiger partial charge on any atom is 0.322 e. The summed E-state index contributed by atoms with van der Waals surface area (Å²) in [4.78, 5) is 21.3. The van der Waals surface area contributed by atoms with Crippen LogP contribution in [-0.4, -0.2) is 30.1 Å². The number of hydrogen-bond acceptors (Lipinski definition) is 3. The molecule has 6 heteroatoms. The molecule has 1 rings (SSSR count). The third-order valence-electron chi connectivity index (χ3n) is 1.75. The van der Waals surface area contributed by atoms with Crippen molar-refractivity contribution in [3.63, 3.8) is 0 Å². The lowest BCUT2D eigenvalue weighted by Crippen LogP contribution is -2.33. The highest BCUT2D eigenvalue weighted by molar-refractivity contribution is 6.33. The second kappa shape index (κ2) is 5.97. The molecule has 0 saturated heterocycles. The maximum atomic E-state index is 11.2. The summed E-state index contributed by atoms with van der Waals surface area (Å²) < 4.78 is 0. The van der Waals surface area contributed by atoms with E-state index >= 15 is 0 Å². The zero-order valence-corrected chi connectivity index (χ0v) is 9.12. The molecule has 0 saturated carbocycles. The zero-order valence-electron chi connectivity index (χ0n) is 8.37. The number of rotatable bonds is 5. The van der Waals surface area contributed by atoms with Gasteiger partial charge in [0.2, 0.25) is 5.91 Å². The molecule has 86 valence electrons. The van der Waals surface area contributed by atoms with E-state index in [1.165, 1.54) is 0 Å². The van der Waals surface area contributed by atoms with E-state index in [9.17, 15) is 9.59 Å². The number of hydrogen-bond donors (Lipinski definition) is 3. The van der Waals surface area contributed by atoms with Gasteiger partial charge in [0, 0.05) is 0 Å². The Morgan fingerprint density at radius 2 is 1.94 bits per heavy atom. The Morgan fingerprint density at radius 3 is 2.56 bits per heavy atom. The Labute approximate surface area is 97.4 Å². The van der Waals surface area contributed by atoms with E-state index in [-0.39, 0.29) is 13.1 Å². The van der Waals surface area contributed by atoms with Gasteiger partial charge in [0.25, 0.3) is 0 Å². The fourth-order valence-electron chi connectivity index (χ4n) is 1.02. The number of carbonyl (C=O) groups is 2. The van der Waals surface area contributed by atoms with E-state index < -0.39 is 11.9 Å². The highest BCUT2D eigenvalue weighted by Crippen LogP contribution is 2.19. The topological polar surface area (TPSA) is 78.4 Å². The number of aliphatic carboxylic acids is 1. The molecule has 0 unspecified atom stereocenters. The molecular weight excluding hydrogens is 232 g/mol. The molecule has 5 nitrogen and oxygen atoms in total. The molecule has 1 aromatic carbocycles. The quantitative estimate of drug-likeness (QED) is 0.719. The van der Waals surface area contributed by atoms with Gasteiger partial charge in [-0.3, -0.25) is 9.59 Å². The first-order valence-electron chi connectivity index (χ1n) is 4.56. The van der Waals surface area contributed by atoms with Gasteiger partial charge in [-0.1, -0.05) is 23.7 Å². The number of amides is 1. The van der Waals surface area contributed by atoms with Crippen molar-refractivity contribution in [1.29, 1.82) is 0 Å². The summed E-state index contributed by atoms with van der Waals surface area (Å²) in [5.74, 6) is -1.48. The van der Waals surface area contributed by atoms with Gasteiger partial charge in [-0.25, -0.2) is 0 Å². The number of carboxylic acids is 1. The van der Waals surface area contributed by atoms with Crippen LogP contribution in [0, 0.1) is 0 Å². The van der Waals surface area contributed by atoms with Crippen LogP contribution < -0.4 is 10.6 Å². The van der Waals surface area contributed by atoms with Gasteiger partial charge >= 0.3 is 5.97 Å². The minimum absolute atomic E-state index is 0.0169. The Morgan fingerprint density at radius 1 is 1.25 bits per heavy atom. The standard InChI is InChI=1S/C10H11ClN2O3/c11-7-3-1-2-4-8(7)12-5-9(14)13-6-10(15)16/h1-4,12H,5-6H2,(H,13,14)(H,15,16). The summed E-state index contributed by atoms with van der Waals surface area (Å²) >= 11 is 5.85. The normalized spacial score (nSPS) is 9.56. The maximum absolute atomic E-state index is 11.2. The predicted molar refractivity (Wildman–Crippen MR) is 60.6 cm³/mol. The second-order valence-corrected chi connectivity index (χ2v) is 3.41. The second-order valence-electron chi connectivity index (χ2n) is 3.00. The van der Waals surface area contributed by atoms with Crippen LogP contribution in [0.25, 0.3) is 0 Å². The summed E-state index contributed by atoms with van der Waals surface area (Å²) in [6.07, 6.45) is 0. The van der Waals surface area contributed by atoms with Crippen LogP contribution in [0.15, 0.2) is 24.3 Å². The number of para-hydroxylation sites is 1. The summed E-state index contributed by atoms with van der Waals surface area (Å²) in [6.45, 7) is -0.403. The molecule has 3 N–H and O–H groups in total. The van der Waals surface area contributed by atoms with Crippen molar-refractivity contribution < 1.29 is 14.7 Å².